The first kappa shape index (κ1) is 19.2. The molecule has 134 valence electrons. The summed E-state index contributed by atoms with van der Waals surface area (Å²) >= 11 is 1.69. The van der Waals surface area contributed by atoms with Gasteiger partial charge in [0.1, 0.15) is 6.10 Å². The number of aliphatic hydroxyl groups is 1. The Labute approximate surface area is 151 Å². The number of rotatable bonds is 7. The first-order valence-electron chi connectivity index (χ1n) is 8.13. The van der Waals surface area contributed by atoms with Crippen molar-refractivity contribution in [2.45, 2.75) is 25.5 Å². The summed E-state index contributed by atoms with van der Waals surface area (Å²) < 4.78 is 0. The zero-order valence-electron chi connectivity index (χ0n) is 14.1. The van der Waals surface area contributed by atoms with Gasteiger partial charge in [-0.1, -0.05) is 37.3 Å². The Hall–Kier alpha value is -2.09. The Morgan fingerprint density at radius 1 is 1.16 bits per heavy atom. The van der Waals surface area contributed by atoms with Crippen molar-refractivity contribution in [2.24, 2.45) is 5.73 Å². The highest BCUT2D eigenvalue weighted by molar-refractivity contribution is 7.99. The zero-order chi connectivity index (χ0) is 18.2. The maximum atomic E-state index is 12.2. The van der Waals surface area contributed by atoms with Crippen LogP contribution < -0.4 is 16.6 Å². The molecular weight excluding hydrogens is 338 g/mol. The fourth-order valence-electron chi connectivity index (χ4n) is 2.31. The summed E-state index contributed by atoms with van der Waals surface area (Å²) in [7, 11) is 0. The minimum absolute atomic E-state index is 0.414. The molecule has 1 unspecified atom stereocenters. The molecule has 6 nitrogen and oxygen atoms in total. The normalized spacial score (nSPS) is 13.2. The van der Waals surface area contributed by atoms with Crippen LogP contribution in [-0.4, -0.2) is 40.6 Å². The van der Waals surface area contributed by atoms with Crippen LogP contribution in [0.1, 0.15) is 23.7 Å². The summed E-state index contributed by atoms with van der Waals surface area (Å²) in [5.74, 6) is 0.548. The Morgan fingerprint density at radius 3 is 2.60 bits per heavy atom. The summed E-state index contributed by atoms with van der Waals surface area (Å²) in [5.41, 5.74) is 10.7. The molecule has 2 rings (SSSR count). The third-order valence-corrected chi connectivity index (χ3v) is 4.72. The van der Waals surface area contributed by atoms with Gasteiger partial charge in [0, 0.05) is 11.6 Å². The van der Waals surface area contributed by atoms with Gasteiger partial charge >= 0.3 is 0 Å². The van der Waals surface area contributed by atoms with Crippen molar-refractivity contribution in [3.8, 4) is 0 Å². The third kappa shape index (κ3) is 5.45. The molecule has 7 heteroatoms. The number of carbonyl (C=O) groups is 2. The number of hydrogen-bond donors (Lipinski definition) is 4. The number of nitrogens with two attached hydrogens (primary N) is 1. The summed E-state index contributed by atoms with van der Waals surface area (Å²) in [5, 5.41) is 11.9. The van der Waals surface area contributed by atoms with E-state index < -0.39 is 24.0 Å². The topological polar surface area (TPSA) is 104 Å². The Bertz CT molecular complexity index is 738. The van der Waals surface area contributed by atoms with E-state index in [0.29, 0.717) is 12.0 Å². The fourth-order valence-corrected chi connectivity index (χ4v) is 3.04. The average molecular weight is 361 g/mol. The van der Waals surface area contributed by atoms with Gasteiger partial charge in [0.05, 0.1) is 0 Å². The zero-order valence-corrected chi connectivity index (χ0v) is 14.9. The maximum Gasteiger partial charge on any atom is 0.269 e. The predicted molar refractivity (Wildman–Crippen MR) is 101 cm³/mol. The highest BCUT2D eigenvalue weighted by Crippen LogP contribution is 2.15. The molecule has 5 N–H and O–H groups in total. The third-order valence-electron chi connectivity index (χ3n) is 3.78. The van der Waals surface area contributed by atoms with E-state index in [-0.39, 0.29) is 0 Å². The number of carbonyl (C=O) groups excluding carboxylic acids is 2. The number of benzene rings is 2. The molecule has 0 aliphatic heterocycles. The van der Waals surface area contributed by atoms with Crippen LogP contribution in [0.15, 0.2) is 42.5 Å². The van der Waals surface area contributed by atoms with E-state index in [0.717, 1.165) is 22.3 Å². The van der Waals surface area contributed by atoms with Crippen LogP contribution in [0.4, 0.5) is 0 Å². The lowest BCUT2D eigenvalue weighted by atomic mass is 10.1. The van der Waals surface area contributed by atoms with Crippen molar-refractivity contribution in [3.05, 3.63) is 48.0 Å². The molecule has 0 bridgehead atoms. The molecule has 25 heavy (non-hydrogen) atoms. The van der Waals surface area contributed by atoms with Gasteiger partial charge in [0.15, 0.2) is 0 Å². The molecule has 0 fully saturated rings. The van der Waals surface area contributed by atoms with Gasteiger partial charge in [0.2, 0.25) is 0 Å². The van der Waals surface area contributed by atoms with Gasteiger partial charge in [-0.05, 0) is 40.8 Å². The molecule has 0 radical (unpaired) electrons. The average Bonchev–Trinajstić information content (AvgIpc) is 2.64. The molecule has 0 aliphatic rings. The molecule has 0 saturated carbocycles. The van der Waals surface area contributed by atoms with Crippen LogP contribution in [0.5, 0.6) is 0 Å². The molecule has 2 amide bonds. The van der Waals surface area contributed by atoms with Gasteiger partial charge in [-0.2, -0.15) is 11.8 Å². The Balaban J connectivity index is 1.88. The molecule has 0 spiro atoms. The van der Waals surface area contributed by atoms with E-state index in [1.165, 1.54) is 0 Å². The second kappa shape index (κ2) is 9.41. The van der Waals surface area contributed by atoms with E-state index in [1.54, 1.807) is 23.9 Å². The molecule has 2 aromatic carbocycles. The van der Waals surface area contributed by atoms with E-state index in [2.05, 4.69) is 10.9 Å². The van der Waals surface area contributed by atoms with E-state index in [4.69, 9.17) is 5.73 Å². The monoisotopic (exact) mass is 361 g/mol. The minimum Gasteiger partial charge on any atom is -0.382 e. The Kier molecular flexibility index (Phi) is 7.24. The lowest BCUT2D eigenvalue weighted by molar-refractivity contribution is -0.131. The molecule has 0 aromatic heterocycles. The first-order chi connectivity index (χ1) is 12.0. The molecule has 2 aromatic rings. The van der Waals surface area contributed by atoms with Gasteiger partial charge < -0.3 is 10.8 Å². The van der Waals surface area contributed by atoms with Gasteiger partial charge in [-0.15, -0.1) is 0 Å². The predicted octanol–water partition coefficient (Wildman–Crippen LogP) is 1.43. The first-order valence-corrected chi connectivity index (χ1v) is 9.28. The Morgan fingerprint density at radius 2 is 1.88 bits per heavy atom. The lowest BCUT2D eigenvalue weighted by Gasteiger charge is -2.18. The maximum absolute atomic E-state index is 12.2. The van der Waals surface area contributed by atoms with Crippen molar-refractivity contribution in [2.75, 3.05) is 11.5 Å². The summed E-state index contributed by atoms with van der Waals surface area (Å²) in [6.45, 7) is 2.03. The molecule has 2 atom stereocenters. The van der Waals surface area contributed by atoms with Crippen molar-refractivity contribution >= 4 is 34.3 Å². The molecular formula is C18H23N3O3S. The van der Waals surface area contributed by atoms with E-state index in [9.17, 15) is 14.7 Å². The fraction of sp³-hybridized carbons (Fsp3) is 0.333. The van der Waals surface area contributed by atoms with Gasteiger partial charge in [-0.25, -0.2) is 0 Å². The number of thioether (sulfide) groups is 1. The van der Waals surface area contributed by atoms with Crippen LogP contribution in [0.2, 0.25) is 0 Å². The van der Waals surface area contributed by atoms with Gasteiger partial charge in [-0.3, -0.25) is 20.4 Å². The van der Waals surface area contributed by atoms with E-state index >= 15 is 0 Å². The SMILES string of the molecule is CCSCC[C@@H](N)C(O)C(=O)NNC(=O)c1ccc2ccccc2c1. The summed E-state index contributed by atoms with van der Waals surface area (Å²) in [6, 6.07) is 12.2. The van der Waals surface area contributed by atoms with Crippen molar-refractivity contribution in [3.63, 3.8) is 0 Å². The number of hydrazine groups is 1. The van der Waals surface area contributed by atoms with Crippen LogP contribution in [0.25, 0.3) is 10.8 Å². The quantitative estimate of drug-likeness (QED) is 0.441. The minimum atomic E-state index is -1.37. The molecule has 0 saturated heterocycles. The summed E-state index contributed by atoms with van der Waals surface area (Å²) in [4.78, 5) is 24.1. The number of amides is 2. The molecule has 0 heterocycles. The highest BCUT2D eigenvalue weighted by Gasteiger charge is 2.23. The number of hydrogen-bond acceptors (Lipinski definition) is 5. The van der Waals surface area contributed by atoms with Crippen LogP contribution >= 0.6 is 11.8 Å². The summed E-state index contributed by atoms with van der Waals surface area (Å²) in [6.07, 6.45) is -0.847. The van der Waals surface area contributed by atoms with Crippen LogP contribution in [0, 0.1) is 0 Å². The van der Waals surface area contributed by atoms with Crippen molar-refractivity contribution < 1.29 is 14.7 Å². The van der Waals surface area contributed by atoms with Crippen LogP contribution in [-0.2, 0) is 4.79 Å². The smallest absolute Gasteiger partial charge is 0.269 e. The number of fused-ring (bicyclic) bond motifs is 1. The van der Waals surface area contributed by atoms with Crippen LogP contribution in [0.3, 0.4) is 0 Å². The number of nitrogens with one attached hydrogen (secondary N) is 2. The van der Waals surface area contributed by atoms with Crippen molar-refractivity contribution in [1.29, 1.82) is 0 Å². The molecule has 0 aliphatic carbocycles. The van der Waals surface area contributed by atoms with Crippen molar-refractivity contribution in [1.82, 2.24) is 10.9 Å². The van der Waals surface area contributed by atoms with E-state index in [1.807, 2.05) is 37.3 Å². The lowest BCUT2D eigenvalue weighted by Crippen LogP contribution is -2.52. The largest absolute Gasteiger partial charge is 0.382 e. The number of aliphatic hydroxyl groups excluding tert-OH is 1. The second-order valence-electron chi connectivity index (χ2n) is 5.60. The highest BCUT2D eigenvalue weighted by atomic mass is 32.2. The van der Waals surface area contributed by atoms with Gasteiger partial charge in [0.25, 0.3) is 11.8 Å². The standard InChI is InChI=1S/C18H23N3O3S/c1-2-25-10-9-15(19)16(22)18(24)21-20-17(23)14-8-7-12-5-3-4-6-13(12)11-14/h3-8,11,15-16,22H,2,9-10,19H2,1H3,(H,20,23)(H,21,24)/t15-,16?/m1/s1. The second-order valence-corrected chi connectivity index (χ2v) is 6.99.